The number of nitrogens with one attached hydrogen (secondary N) is 1. The van der Waals surface area contributed by atoms with Crippen molar-refractivity contribution in [2.24, 2.45) is 7.05 Å². The minimum Gasteiger partial charge on any atom is -0.313 e. The van der Waals surface area contributed by atoms with Crippen molar-refractivity contribution < 1.29 is 0 Å². The predicted molar refractivity (Wildman–Crippen MR) is 64.0 cm³/mol. The van der Waals surface area contributed by atoms with Gasteiger partial charge in [-0.15, -0.1) is 0 Å². The van der Waals surface area contributed by atoms with E-state index >= 15 is 0 Å². The predicted octanol–water partition coefficient (Wildman–Crippen LogP) is 1.46. The van der Waals surface area contributed by atoms with Crippen LogP contribution in [0.3, 0.4) is 0 Å². The summed E-state index contributed by atoms with van der Waals surface area (Å²) in [5.74, 6) is 0.892. The van der Waals surface area contributed by atoms with E-state index in [4.69, 9.17) is 0 Å². The topological polar surface area (TPSA) is 42.7 Å². The number of rotatable bonds is 7. The van der Waals surface area contributed by atoms with Gasteiger partial charge in [-0.3, -0.25) is 0 Å². The molecule has 0 aliphatic rings. The normalized spacial score (nSPS) is 10.5. The third kappa shape index (κ3) is 4.48. The average molecular weight is 226 g/mol. The molecule has 0 aromatic carbocycles. The Bertz CT molecular complexity index is 308. The number of nitrogens with zero attached hydrogens (tertiary/aromatic N) is 3. The molecule has 0 saturated heterocycles. The molecule has 1 N–H and O–H groups in total. The van der Waals surface area contributed by atoms with Gasteiger partial charge in [0.15, 0.2) is 5.16 Å². The van der Waals surface area contributed by atoms with E-state index in [1.54, 1.807) is 22.8 Å². The number of aromatic nitrogens is 3. The van der Waals surface area contributed by atoms with E-state index in [0.717, 1.165) is 30.4 Å². The van der Waals surface area contributed by atoms with Gasteiger partial charge in [0, 0.05) is 19.3 Å². The first-order chi connectivity index (χ1) is 7.24. The Kier molecular flexibility index (Phi) is 5.42. The number of thioether (sulfide) groups is 1. The van der Waals surface area contributed by atoms with E-state index in [2.05, 4.69) is 28.9 Å². The second-order valence-corrected chi connectivity index (χ2v) is 4.32. The minimum absolute atomic E-state index is 0.888. The summed E-state index contributed by atoms with van der Waals surface area (Å²) >= 11 is 1.67. The molecule has 0 aliphatic heterocycles. The van der Waals surface area contributed by atoms with Crippen LogP contribution in [0.2, 0.25) is 0 Å². The van der Waals surface area contributed by atoms with Crippen molar-refractivity contribution in [2.75, 3.05) is 18.8 Å². The molecular formula is C10H18N4S. The van der Waals surface area contributed by atoms with E-state index in [0.29, 0.717) is 0 Å². The molecule has 0 saturated carbocycles. The van der Waals surface area contributed by atoms with Gasteiger partial charge in [0.25, 0.3) is 0 Å². The molecule has 0 bridgehead atoms. The highest BCUT2D eigenvalue weighted by Gasteiger charge is 2.02. The fourth-order valence-corrected chi connectivity index (χ4v) is 1.87. The summed E-state index contributed by atoms with van der Waals surface area (Å²) in [6.07, 6.45) is 2.73. The Balaban J connectivity index is 2.20. The zero-order valence-corrected chi connectivity index (χ0v) is 10.2. The Morgan fingerprint density at radius 2 is 2.47 bits per heavy atom. The molecule has 0 unspecified atom stereocenters. The van der Waals surface area contributed by atoms with Gasteiger partial charge in [0.05, 0.1) is 0 Å². The lowest BCUT2D eigenvalue weighted by atomic mass is 10.3. The fourth-order valence-electron chi connectivity index (χ4n) is 1.08. The molecule has 0 spiro atoms. The highest BCUT2D eigenvalue weighted by Crippen LogP contribution is 2.15. The number of hydrogen-bond acceptors (Lipinski definition) is 4. The van der Waals surface area contributed by atoms with Crippen molar-refractivity contribution in [3.8, 4) is 0 Å². The quantitative estimate of drug-likeness (QED) is 0.434. The van der Waals surface area contributed by atoms with Gasteiger partial charge in [-0.25, -0.2) is 9.67 Å². The molecule has 1 aromatic rings. The molecule has 0 radical (unpaired) electrons. The number of aryl methyl sites for hydroxylation is 1. The highest BCUT2D eigenvalue weighted by atomic mass is 32.2. The summed E-state index contributed by atoms with van der Waals surface area (Å²) in [5.41, 5.74) is 1.19. The van der Waals surface area contributed by atoms with E-state index < -0.39 is 0 Å². The van der Waals surface area contributed by atoms with Crippen LogP contribution in [-0.2, 0) is 7.05 Å². The summed E-state index contributed by atoms with van der Waals surface area (Å²) in [6, 6.07) is 0. The van der Waals surface area contributed by atoms with E-state index in [9.17, 15) is 0 Å². The molecule has 1 aromatic heterocycles. The van der Waals surface area contributed by atoms with Crippen molar-refractivity contribution in [2.45, 2.75) is 18.5 Å². The maximum atomic E-state index is 4.14. The van der Waals surface area contributed by atoms with Crippen molar-refractivity contribution in [1.82, 2.24) is 20.1 Å². The zero-order valence-electron chi connectivity index (χ0n) is 9.36. The molecule has 0 amide bonds. The Morgan fingerprint density at radius 3 is 3.07 bits per heavy atom. The lowest BCUT2D eigenvalue weighted by Gasteiger charge is -2.05. The lowest BCUT2D eigenvalue weighted by Crippen LogP contribution is -2.18. The van der Waals surface area contributed by atoms with Gasteiger partial charge in [-0.2, -0.15) is 5.10 Å². The summed E-state index contributed by atoms with van der Waals surface area (Å²) in [4.78, 5) is 4.14. The van der Waals surface area contributed by atoms with Crippen LogP contribution in [0.4, 0.5) is 0 Å². The molecule has 0 fully saturated rings. The Labute approximate surface area is 95.2 Å². The first-order valence-electron chi connectivity index (χ1n) is 5.08. The molecule has 15 heavy (non-hydrogen) atoms. The fraction of sp³-hybridized carbons (Fsp3) is 0.600. The summed E-state index contributed by atoms with van der Waals surface area (Å²) < 4.78 is 1.78. The first-order valence-corrected chi connectivity index (χ1v) is 6.06. The van der Waals surface area contributed by atoms with Crippen LogP contribution in [0.15, 0.2) is 23.6 Å². The molecular weight excluding hydrogens is 208 g/mol. The van der Waals surface area contributed by atoms with Crippen LogP contribution >= 0.6 is 11.8 Å². The summed E-state index contributed by atoms with van der Waals surface area (Å²) in [5, 5.41) is 8.27. The van der Waals surface area contributed by atoms with Crippen LogP contribution in [-0.4, -0.2) is 33.6 Å². The molecule has 0 aliphatic carbocycles. The molecule has 1 heterocycles. The maximum absolute atomic E-state index is 4.14. The van der Waals surface area contributed by atoms with E-state index in [1.807, 2.05) is 7.05 Å². The monoisotopic (exact) mass is 226 g/mol. The second kappa shape index (κ2) is 6.63. The maximum Gasteiger partial charge on any atom is 0.186 e. The Hall–Kier alpha value is -0.810. The van der Waals surface area contributed by atoms with Crippen LogP contribution in [0, 0.1) is 0 Å². The van der Waals surface area contributed by atoms with Gasteiger partial charge in [-0.05, 0) is 13.0 Å². The standard InChI is InChI=1S/C10H18N4S/c1-4-5-11-6-9(2)7-15-10-12-8-13-14(10)3/h8,11H,2,4-7H2,1,3H3. The van der Waals surface area contributed by atoms with Gasteiger partial charge < -0.3 is 5.32 Å². The van der Waals surface area contributed by atoms with Gasteiger partial charge >= 0.3 is 0 Å². The minimum atomic E-state index is 0.888. The largest absolute Gasteiger partial charge is 0.313 e. The molecule has 5 heteroatoms. The van der Waals surface area contributed by atoms with Crippen molar-refractivity contribution in [3.05, 3.63) is 18.5 Å². The molecule has 4 nitrogen and oxygen atoms in total. The van der Waals surface area contributed by atoms with Crippen LogP contribution in [0.5, 0.6) is 0 Å². The summed E-state index contributed by atoms with van der Waals surface area (Å²) in [7, 11) is 1.90. The third-order valence-electron chi connectivity index (χ3n) is 1.88. The SMILES string of the molecule is C=C(CNCCC)CSc1ncnn1C. The Morgan fingerprint density at radius 1 is 1.67 bits per heavy atom. The van der Waals surface area contributed by atoms with E-state index in [-0.39, 0.29) is 0 Å². The van der Waals surface area contributed by atoms with Crippen molar-refractivity contribution in [1.29, 1.82) is 0 Å². The molecule has 0 atom stereocenters. The van der Waals surface area contributed by atoms with Crippen LogP contribution in [0.25, 0.3) is 0 Å². The second-order valence-electron chi connectivity index (χ2n) is 3.38. The lowest BCUT2D eigenvalue weighted by molar-refractivity contribution is 0.684. The average Bonchev–Trinajstić information content (AvgIpc) is 2.61. The molecule has 84 valence electrons. The highest BCUT2D eigenvalue weighted by molar-refractivity contribution is 7.99. The summed E-state index contributed by atoms with van der Waals surface area (Å²) in [6.45, 7) is 8.11. The zero-order chi connectivity index (χ0) is 11.1. The van der Waals surface area contributed by atoms with E-state index in [1.165, 1.54) is 5.57 Å². The van der Waals surface area contributed by atoms with Crippen molar-refractivity contribution in [3.63, 3.8) is 0 Å². The molecule has 1 rings (SSSR count). The van der Waals surface area contributed by atoms with Gasteiger partial charge in [-0.1, -0.05) is 30.8 Å². The van der Waals surface area contributed by atoms with Gasteiger partial charge in [0.2, 0.25) is 0 Å². The van der Waals surface area contributed by atoms with Crippen LogP contribution in [0.1, 0.15) is 13.3 Å². The van der Waals surface area contributed by atoms with Gasteiger partial charge in [0.1, 0.15) is 6.33 Å². The number of hydrogen-bond donors (Lipinski definition) is 1. The third-order valence-corrected chi connectivity index (χ3v) is 3.06. The first kappa shape index (κ1) is 12.3. The van der Waals surface area contributed by atoms with Crippen LogP contribution < -0.4 is 5.32 Å². The smallest absolute Gasteiger partial charge is 0.186 e. The van der Waals surface area contributed by atoms with Crippen molar-refractivity contribution >= 4 is 11.8 Å².